The van der Waals surface area contributed by atoms with Crippen molar-refractivity contribution in [1.29, 1.82) is 0 Å². The van der Waals surface area contributed by atoms with Crippen LogP contribution in [0.1, 0.15) is 23.2 Å². The minimum atomic E-state index is -4.46. The van der Waals surface area contributed by atoms with Gasteiger partial charge < -0.3 is 24.1 Å². The lowest BCUT2D eigenvalue weighted by Crippen LogP contribution is -2.48. The van der Waals surface area contributed by atoms with Crippen molar-refractivity contribution in [3.63, 3.8) is 0 Å². The Morgan fingerprint density at radius 3 is 2.86 bits per heavy atom. The number of carbonyl (C=O) groups is 1. The first-order chi connectivity index (χ1) is 17.7. The molecule has 5 heterocycles. The minimum Gasteiger partial charge on any atom is -0.494 e. The second kappa shape index (κ2) is 8.72. The number of aryl methyl sites for hydroxylation is 1. The minimum absolute atomic E-state index is 0.110. The molecule has 2 atom stereocenters. The van der Waals surface area contributed by atoms with E-state index < -0.39 is 12.7 Å². The molecule has 0 spiro atoms. The highest BCUT2D eigenvalue weighted by molar-refractivity contribution is 6.00. The molecule has 2 fully saturated rings. The number of piperidine rings is 1. The van der Waals surface area contributed by atoms with Crippen LogP contribution in [-0.2, 0) is 13.6 Å². The number of likely N-dealkylation sites (tertiary alicyclic amines) is 1. The van der Waals surface area contributed by atoms with Gasteiger partial charge >= 0.3 is 6.18 Å². The molecule has 2 saturated heterocycles. The molecule has 37 heavy (non-hydrogen) atoms. The average Bonchev–Trinajstić information content (AvgIpc) is 3.57. The summed E-state index contributed by atoms with van der Waals surface area (Å²) < 4.78 is 48.9. The Kier molecular flexibility index (Phi) is 5.59. The van der Waals surface area contributed by atoms with Crippen LogP contribution in [0.5, 0.6) is 5.75 Å². The smallest absolute Gasteiger partial charge is 0.406 e. The number of aromatic nitrogens is 5. The summed E-state index contributed by atoms with van der Waals surface area (Å²) in [5.41, 5.74) is 1.90. The number of methoxy groups -OCH3 is 1. The van der Waals surface area contributed by atoms with E-state index in [1.807, 2.05) is 4.90 Å². The van der Waals surface area contributed by atoms with Gasteiger partial charge in [-0.05, 0) is 43.5 Å². The number of nitrogens with zero attached hydrogens (tertiary/aromatic N) is 6. The third-order valence-electron chi connectivity index (χ3n) is 7.49. The van der Waals surface area contributed by atoms with Gasteiger partial charge in [-0.25, -0.2) is 15.0 Å². The number of alkyl halides is 3. The third-order valence-corrected chi connectivity index (χ3v) is 7.49. The van der Waals surface area contributed by atoms with Crippen LogP contribution in [0.3, 0.4) is 0 Å². The molecule has 12 heteroatoms. The second-order valence-electron chi connectivity index (χ2n) is 9.72. The molecule has 9 nitrogen and oxygen atoms in total. The zero-order valence-electron chi connectivity index (χ0n) is 20.4. The monoisotopic (exact) mass is 513 g/mol. The predicted molar refractivity (Wildman–Crippen MR) is 130 cm³/mol. The Balaban J connectivity index is 1.44. The Morgan fingerprint density at radius 1 is 1.24 bits per heavy atom. The van der Waals surface area contributed by atoms with Gasteiger partial charge in [0.25, 0.3) is 5.91 Å². The number of halogens is 3. The van der Waals surface area contributed by atoms with Gasteiger partial charge in [0.15, 0.2) is 5.82 Å². The number of hydrogen-bond donors (Lipinski definition) is 1. The van der Waals surface area contributed by atoms with Crippen molar-refractivity contribution in [1.82, 2.24) is 34.3 Å². The van der Waals surface area contributed by atoms with Crippen molar-refractivity contribution >= 4 is 28.0 Å². The van der Waals surface area contributed by atoms with E-state index in [0.29, 0.717) is 58.6 Å². The maximum Gasteiger partial charge on any atom is 0.406 e. The first-order valence-electron chi connectivity index (χ1n) is 12.2. The Morgan fingerprint density at radius 2 is 2.08 bits per heavy atom. The van der Waals surface area contributed by atoms with Crippen LogP contribution in [0.15, 0.2) is 30.7 Å². The molecule has 4 aromatic rings. The van der Waals surface area contributed by atoms with Crippen molar-refractivity contribution in [2.75, 3.05) is 26.7 Å². The predicted octanol–water partition coefficient (Wildman–Crippen LogP) is 3.38. The second-order valence-corrected chi connectivity index (χ2v) is 9.72. The maximum atomic E-state index is 13.5. The number of imidazole rings is 1. The summed E-state index contributed by atoms with van der Waals surface area (Å²) in [4.78, 5) is 28.0. The van der Waals surface area contributed by atoms with Gasteiger partial charge in [-0.15, -0.1) is 0 Å². The molecule has 6 rings (SSSR count). The van der Waals surface area contributed by atoms with Gasteiger partial charge in [-0.2, -0.15) is 13.2 Å². The van der Waals surface area contributed by atoms with E-state index in [2.05, 4.69) is 20.3 Å². The van der Waals surface area contributed by atoms with Crippen molar-refractivity contribution in [2.45, 2.75) is 31.6 Å². The van der Waals surface area contributed by atoms with Gasteiger partial charge in [0.05, 0.1) is 18.3 Å². The standard InChI is InChI=1S/C25H26F3N7O2/c1-33-21-17(32-23(33)19-8-16-10-29-13-31-22(16)35(19)12-25(26,27)28)7-15(9-20(21)37-2)24(36)34-6-4-14-3-5-30-18(14)11-34/h7-10,13-14,18,30H,3-6,11-12H2,1-2H3. The molecule has 0 saturated carbocycles. The van der Waals surface area contributed by atoms with Crippen LogP contribution in [0.4, 0.5) is 13.2 Å². The molecule has 0 aliphatic carbocycles. The van der Waals surface area contributed by atoms with Crippen LogP contribution in [0, 0.1) is 5.92 Å². The SMILES string of the molecule is COc1cc(C(=O)N2CCC3CCNC3C2)cc2nc(-c3cc4cncnc4n3CC(F)(F)F)n(C)c12. The highest BCUT2D eigenvalue weighted by Crippen LogP contribution is 2.35. The molecule has 1 N–H and O–H groups in total. The number of benzene rings is 1. The van der Waals surface area contributed by atoms with Crippen LogP contribution < -0.4 is 10.1 Å². The number of ether oxygens (including phenoxy) is 1. The third kappa shape index (κ3) is 4.08. The summed E-state index contributed by atoms with van der Waals surface area (Å²) in [5, 5.41) is 3.95. The largest absolute Gasteiger partial charge is 0.494 e. The normalized spacial score (nSPS) is 20.1. The molecule has 3 aromatic heterocycles. The molecule has 2 aliphatic rings. The topological polar surface area (TPSA) is 90.1 Å². The van der Waals surface area contributed by atoms with Crippen LogP contribution in [0.25, 0.3) is 33.6 Å². The molecule has 0 bridgehead atoms. The lowest BCUT2D eigenvalue weighted by molar-refractivity contribution is -0.139. The van der Waals surface area contributed by atoms with Crippen LogP contribution >= 0.6 is 0 Å². The van der Waals surface area contributed by atoms with Gasteiger partial charge in [0.2, 0.25) is 0 Å². The summed E-state index contributed by atoms with van der Waals surface area (Å²) in [5.74, 6) is 1.22. The molecule has 194 valence electrons. The van der Waals surface area contributed by atoms with E-state index in [4.69, 9.17) is 4.74 Å². The average molecular weight is 514 g/mol. The summed E-state index contributed by atoms with van der Waals surface area (Å²) in [6, 6.07) is 5.28. The van der Waals surface area contributed by atoms with Crippen molar-refractivity contribution in [3.05, 3.63) is 36.3 Å². The van der Waals surface area contributed by atoms with E-state index in [1.54, 1.807) is 29.8 Å². The van der Waals surface area contributed by atoms with Crippen molar-refractivity contribution in [2.24, 2.45) is 13.0 Å². The molecular weight excluding hydrogens is 487 g/mol. The fourth-order valence-electron chi connectivity index (χ4n) is 5.74. The number of hydrogen-bond acceptors (Lipinski definition) is 6. The fourth-order valence-corrected chi connectivity index (χ4v) is 5.74. The summed E-state index contributed by atoms with van der Waals surface area (Å²) in [6.07, 6.45) is 0.331. The van der Waals surface area contributed by atoms with E-state index in [9.17, 15) is 18.0 Å². The zero-order chi connectivity index (χ0) is 25.9. The zero-order valence-corrected chi connectivity index (χ0v) is 20.4. The number of fused-ring (bicyclic) bond motifs is 3. The molecule has 2 unspecified atom stereocenters. The number of nitrogens with one attached hydrogen (secondary N) is 1. The molecule has 1 aromatic carbocycles. The van der Waals surface area contributed by atoms with Gasteiger partial charge in [-0.1, -0.05) is 0 Å². The number of amides is 1. The summed E-state index contributed by atoms with van der Waals surface area (Å²) in [7, 11) is 3.21. The Labute approximate surface area is 210 Å². The summed E-state index contributed by atoms with van der Waals surface area (Å²) in [6.45, 7) is 1.09. The lowest BCUT2D eigenvalue weighted by atomic mass is 9.92. The van der Waals surface area contributed by atoms with Crippen LogP contribution in [0.2, 0.25) is 0 Å². The first-order valence-corrected chi connectivity index (χ1v) is 12.2. The maximum absolute atomic E-state index is 13.5. The van der Waals surface area contributed by atoms with Crippen LogP contribution in [-0.4, -0.2) is 73.9 Å². The molecule has 0 radical (unpaired) electrons. The molecular formula is C25H26F3N7O2. The fraction of sp³-hybridized carbons (Fsp3) is 0.440. The van der Waals surface area contributed by atoms with Gasteiger partial charge in [0.1, 0.15) is 29.8 Å². The van der Waals surface area contributed by atoms with Crippen molar-refractivity contribution in [3.8, 4) is 17.3 Å². The number of carbonyl (C=O) groups excluding carboxylic acids is 1. The van der Waals surface area contributed by atoms with E-state index in [0.717, 1.165) is 24.0 Å². The highest BCUT2D eigenvalue weighted by atomic mass is 19.4. The Bertz CT molecular complexity index is 1510. The Hall–Kier alpha value is -3.67. The van der Waals surface area contributed by atoms with Gasteiger partial charge in [0, 0.05) is 43.3 Å². The molecule has 1 amide bonds. The van der Waals surface area contributed by atoms with Gasteiger partial charge in [-0.3, -0.25) is 4.79 Å². The summed E-state index contributed by atoms with van der Waals surface area (Å²) >= 11 is 0. The highest BCUT2D eigenvalue weighted by Gasteiger charge is 2.35. The van der Waals surface area contributed by atoms with E-state index in [-0.39, 0.29) is 17.2 Å². The quantitative estimate of drug-likeness (QED) is 0.450. The van der Waals surface area contributed by atoms with E-state index in [1.165, 1.54) is 19.6 Å². The number of rotatable bonds is 4. The first kappa shape index (κ1) is 23.7. The lowest BCUT2D eigenvalue weighted by Gasteiger charge is -2.35. The van der Waals surface area contributed by atoms with E-state index >= 15 is 0 Å². The molecule has 2 aliphatic heterocycles. The van der Waals surface area contributed by atoms with Crippen molar-refractivity contribution < 1.29 is 22.7 Å².